The molecule has 0 saturated heterocycles. The van der Waals surface area contributed by atoms with Gasteiger partial charge in [0.25, 0.3) is 10.0 Å². The van der Waals surface area contributed by atoms with Crippen LogP contribution in [-0.2, 0) is 14.8 Å². The van der Waals surface area contributed by atoms with Gasteiger partial charge in [0.1, 0.15) is 11.9 Å². The second-order valence-electron chi connectivity index (χ2n) is 5.13. The Morgan fingerprint density at radius 3 is 2.73 bits per heavy atom. The number of hydrogen-bond donors (Lipinski definition) is 2. The first-order chi connectivity index (χ1) is 10.5. The molecule has 1 atom stereocenters. The monoisotopic (exact) mass is 323 g/mol. The van der Waals surface area contributed by atoms with E-state index >= 15 is 0 Å². The van der Waals surface area contributed by atoms with Crippen molar-refractivity contribution in [1.82, 2.24) is 10.0 Å². The summed E-state index contributed by atoms with van der Waals surface area (Å²) in [5.41, 5.74) is 0.522. The number of sulfonamides is 1. The first-order valence-electron chi connectivity index (χ1n) is 7.47. The van der Waals surface area contributed by atoms with Crippen molar-refractivity contribution in [2.75, 3.05) is 6.54 Å². The van der Waals surface area contributed by atoms with E-state index in [1.54, 1.807) is 18.2 Å². The number of carbonyl (C=O) groups excluding carboxylic acids is 1. The number of unbranched alkanes of at least 4 members (excludes halogenated alkanes) is 1. The van der Waals surface area contributed by atoms with E-state index in [-0.39, 0.29) is 16.6 Å². The minimum absolute atomic E-state index is 0.174. The molecule has 0 aliphatic carbocycles. The fourth-order valence-corrected chi connectivity index (χ4v) is 3.57. The van der Waals surface area contributed by atoms with E-state index in [1.165, 1.54) is 6.07 Å². The molecule has 1 aliphatic rings. The Labute approximate surface area is 131 Å². The van der Waals surface area contributed by atoms with Crippen LogP contribution < -0.4 is 10.0 Å². The zero-order valence-corrected chi connectivity index (χ0v) is 13.6. The largest absolute Gasteiger partial charge is 0.355 e. The van der Waals surface area contributed by atoms with Crippen LogP contribution >= 0.6 is 0 Å². The summed E-state index contributed by atoms with van der Waals surface area (Å²) in [4.78, 5) is 16.7. The van der Waals surface area contributed by atoms with Crippen LogP contribution in [0.5, 0.6) is 0 Å². The summed E-state index contributed by atoms with van der Waals surface area (Å²) >= 11 is 0. The molecule has 1 heterocycles. The van der Waals surface area contributed by atoms with Crippen molar-refractivity contribution in [3.63, 3.8) is 0 Å². The number of aliphatic imine (C=N–C) groups is 1. The predicted molar refractivity (Wildman–Crippen MR) is 85.3 cm³/mol. The van der Waals surface area contributed by atoms with Gasteiger partial charge in [0, 0.05) is 12.1 Å². The van der Waals surface area contributed by atoms with E-state index in [0.29, 0.717) is 18.5 Å². The lowest BCUT2D eigenvalue weighted by Crippen LogP contribution is -2.35. The number of likely N-dealkylation sites (N-methyl/N-ethyl adjacent to an activating group) is 1. The molecule has 1 aromatic rings. The van der Waals surface area contributed by atoms with Crippen LogP contribution in [0.2, 0.25) is 0 Å². The van der Waals surface area contributed by atoms with E-state index in [9.17, 15) is 13.2 Å². The van der Waals surface area contributed by atoms with Gasteiger partial charge in [0.2, 0.25) is 5.91 Å². The highest BCUT2D eigenvalue weighted by Gasteiger charge is 2.31. The lowest BCUT2D eigenvalue weighted by molar-refractivity contribution is -0.122. The summed E-state index contributed by atoms with van der Waals surface area (Å²) in [6.07, 6.45) is 2.39. The van der Waals surface area contributed by atoms with Crippen LogP contribution in [0.4, 0.5) is 0 Å². The van der Waals surface area contributed by atoms with Crippen molar-refractivity contribution in [2.45, 2.75) is 44.0 Å². The SMILES string of the molecule is CCCCC(N=C1NS(=O)(=O)c2ccccc21)C(=O)NCC. The van der Waals surface area contributed by atoms with Crippen molar-refractivity contribution >= 4 is 21.8 Å². The summed E-state index contributed by atoms with van der Waals surface area (Å²) < 4.78 is 26.6. The lowest BCUT2D eigenvalue weighted by Gasteiger charge is -2.12. The van der Waals surface area contributed by atoms with Crippen LogP contribution in [0.25, 0.3) is 0 Å². The van der Waals surface area contributed by atoms with Gasteiger partial charge in [-0.3, -0.25) is 14.5 Å². The molecular formula is C15H21N3O3S. The fraction of sp³-hybridized carbons (Fsp3) is 0.467. The number of fused-ring (bicyclic) bond motifs is 1. The third-order valence-corrected chi connectivity index (χ3v) is 4.83. The molecule has 0 saturated carbocycles. The summed E-state index contributed by atoms with van der Waals surface area (Å²) in [5, 5.41) is 2.75. The standard InChI is InChI=1S/C15H21N3O3S/c1-3-5-9-12(15(19)16-4-2)17-14-11-8-6-7-10-13(11)22(20,21)18-14/h6-8,10,12H,3-5,9H2,1-2H3,(H,16,19)(H,17,18). The topological polar surface area (TPSA) is 87.6 Å². The summed E-state index contributed by atoms with van der Waals surface area (Å²) in [7, 11) is -3.57. The molecule has 0 aromatic heterocycles. The molecule has 1 amide bonds. The van der Waals surface area contributed by atoms with Crippen molar-refractivity contribution in [3.05, 3.63) is 29.8 Å². The molecule has 0 spiro atoms. The molecule has 22 heavy (non-hydrogen) atoms. The Bertz CT molecular complexity index is 683. The number of benzene rings is 1. The predicted octanol–water partition coefficient (Wildman–Crippen LogP) is 1.42. The van der Waals surface area contributed by atoms with Gasteiger partial charge in [-0.2, -0.15) is 0 Å². The highest BCUT2D eigenvalue weighted by Crippen LogP contribution is 2.23. The molecule has 120 valence electrons. The molecule has 2 N–H and O–H groups in total. The van der Waals surface area contributed by atoms with Crippen LogP contribution in [-0.4, -0.2) is 32.7 Å². The van der Waals surface area contributed by atoms with E-state index in [4.69, 9.17) is 0 Å². The Morgan fingerprint density at radius 2 is 2.05 bits per heavy atom. The zero-order valence-electron chi connectivity index (χ0n) is 12.8. The van der Waals surface area contributed by atoms with Crippen LogP contribution in [0.15, 0.2) is 34.2 Å². The van der Waals surface area contributed by atoms with Crippen LogP contribution in [0.1, 0.15) is 38.7 Å². The van der Waals surface area contributed by atoms with Gasteiger partial charge in [-0.25, -0.2) is 8.42 Å². The maximum atomic E-state index is 12.1. The van der Waals surface area contributed by atoms with Gasteiger partial charge in [-0.15, -0.1) is 0 Å². The third-order valence-electron chi connectivity index (χ3n) is 3.43. The first kappa shape index (κ1) is 16.5. The smallest absolute Gasteiger partial charge is 0.263 e. The minimum atomic E-state index is -3.57. The molecule has 2 rings (SSSR count). The second-order valence-corrected chi connectivity index (χ2v) is 6.78. The molecule has 1 aliphatic heterocycles. The van der Waals surface area contributed by atoms with E-state index in [2.05, 4.69) is 15.0 Å². The number of carbonyl (C=O) groups is 1. The zero-order chi connectivity index (χ0) is 16.2. The Kier molecular flexibility index (Phi) is 5.18. The van der Waals surface area contributed by atoms with Gasteiger partial charge in [0.05, 0.1) is 4.90 Å². The molecular weight excluding hydrogens is 302 g/mol. The first-order valence-corrected chi connectivity index (χ1v) is 8.95. The number of nitrogens with zero attached hydrogens (tertiary/aromatic N) is 1. The van der Waals surface area contributed by atoms with Crippen LogP contribution in [0.3, 0.4) is 0 Å². The number of amides is 1. The number of amidine groups is 1. The Morgan fingerprint density at radius 1 is 1.32 bits per heavy atom. The molecule has 0 fully saturated rings. The highest BCUT2D eigenvalue weighted by molar-refractivity contribution is 7.90. The summed E-state index contributed by atoms with van der Waals surface area (Å²) in [6.45, 7) is 4.40. The highest BCUT2D eigenvalue weighted by atomic mass is 32.2. The van der Waals surface area contributed by atoms with Crippen molar-refractivity contribution < 1.29 is 13.2 Å². The molecule has 1 unspecified atom stereocenters. The van der Waals surface area contributed by atoms with Crippen molar-refractivity contribution in [2.24, 2.45) is 4.99 Å². The molecule has 0 bridgehead atoms. The van der Waals surface area contributed by atoms with Gasteiger partial charge < -0.3 is 5.32 Å². The summed E-state index contributed by atoms with van der Waals surface area (Å²) in [6, 6.07) is 6.07. The van der Waals surface area contributed by atoms with Gasteiger partial charge >= 0.3 is 0 Å². The Hall–Kier alpha value is -1.89. The summed E-state index contributed by atoms with van der Waals surface area (Å²) in [5.74, 6) is 0.0787. The average Bonchev–Trinajstić information content (AvgIpc) is 2.75. The van der Waals surface area contributed by atoms with E-state index in [0.717, 1.165) is 12.8 Å². The van der Waals surface area contributed by atoms with E-state index < -0.39 is 16.1 Å². The normalized spacial score (nSPS) is 18.5. The quantitative estimate of drug-likeness (QED) is 0.830. The molecule has 6 nitrogen and oxygen atoms in total. The van der Waals surface area contributed by atoms with Gasteiger partial charge in [-0.05, 0) is 25.5 Å². The lowest BCUT2D eigenvalue weighted by atomic mass is 10.1. The maximum absolute atomic E-state index is 12.1. The Balaban J connectivity index is 2.35. The number of rotatable bonds is 6. The maximum Gasteiger partial charge on any atom is 0.263 e. The van der Waals surface area contributed by atoms with Crippen molar-refractivity contribution in [3.8, 4) is 0 Å². The van der Waals surface area contributed by atoms with Gasteiger partial charge in [0.15, 0.2) is 0 Å². The number of hydrogen-bond acceptors (Lipinski definition) is 4. The van der Waals surface area contributed by atoms with Gasteiger partial charge in [-0.1, -0.05) is 31.9 Å². The third kappa shape index (κ3) is 3.47. The molecule has 7 heteroatoms. The van der Waals surface area contributed by atoms with E-state index in [1.807, 2.05) is 13.8 Å². The minimum Gasteiger partial charge on any atom is -0.355 e. The molecule has 1 aromatic carbocycles. The van der Waals surface area contributed by atoms with Crippen molar-refractivity contribution in [1.29, 1.82) is 0 Å². The second kappa shape index (κ2) is 6.91. The van der Waals surface area contributed by atoms with Crippen LogP contribution in [0, 0.1) is 0 Å². The average molecular weight is 323 g/mol. The number of nitrogens with one attached hydrogen (secondary N) is 2. The molecule has 0 radical (unpaired) electrons. The fourth-order valence-electron chi connectivity index (χ4n) is 2.33.